The molecule has 0 aliphatic carbocycles. The van der Waals surface area contributed by atoms with E-state index in [1.165, 1.54) is 17.7 Å². The van der Waals surface area contributed by atoms with Gasteiger partial charge in [0.25, 0.3) is 5.91 Å². The van der Waals surface area contributed by atoms with Gasteiger partial charge in [0.15, 0.2) is 11.7 Å². The maximum Gasteiger partial charge on any atom is 0.281 e. The van der Waals surface area contributed by atoms with E-state index in [9.17, 15) is 4.79 Å². The fourth-order valence-corrected chi connectivity index (χ4v) is 3.82. The molecule has 3 heterocycles. The van der Waals surface area contributed by atoms with Crippen LogP contribution in [-0.2, 0) is 9.53 Å². The average Bonchev–Trinajstić information content (AvgIpc) is 3.11. The Bertz CT molecular complexity index is 715. The number of ether oxygens (including phenoxy) is 1. The summed E-state index contributed by atoms with van der Waals surface area (Å²) >= 11 is 6.04. The minimum atomic E-state index is -0.136. The number of amides is 1. The number of nitrogens with zero attached hydrogens (tertiary/aromatic N) is 2. The van der Waals surface area contributed by atoms with E-state index >= 15 is 0 Å². The van der Waals surface area contributed by atoms with Crippen molar-refractivity contribution in [3.05, 3.63) is 29.3 Å². The Morgan fingerprint density at radius 2 is 1.96 bits per heavy atom. The molecule has 2 aromatic heterocycles. The van der Waals surface area contributed by atoms with E-state index in [1.54, 1.807) is 0 Å². The number of hydrogen-bond acceptors (Lipinski definition) is 5. The molecule has 4 N–H and O–H groups in total. The lowest BCUT2D eigenvalue weighted by molar-refractivity contribution is -0.353. The first kappa shape index (κ1) is 20.8. The van der Waals surface area contributed by atoms with Crippen molar-refractivity contribution in [3.8, 4) is 11.4 Å². The number of aromatic nitrogens is 2. The predicted octanol–water partition coefficient (Wildman–Crippen LogP) is 2.91. The lowest BCUT2D eigenvalue weighted by Gasteiger charge is -2.31. The van der Waals surface area contributed by atoms with E-state index in [0.717, 1.165) is 29.9 Å². The Balaban J connectivity index is 0.00000117. The van der Waals surface area contributed by atoms with Crippen LogP contribution in [0.25, 0.3) is 11.4 Å². The summed E-state index contributed by atoms with van der Waals surface area (Å²) in [5, 5.41) is 5.23. The van der Waals surface area contributed by atoms with Gasteiger partial charge in [0, 0.05) is 23.4 Å². The normalized spacial score (nSPS) is 22.3. The molecule has 0 bridgehead atoms. The van der Waals surface area contributed by atoms with Crippen LogP contribution in [0.15, 0.2) is 23.6 Å². The van der Waals surface area contributed by atoms with Crippen molar-refractivity contribution in [2.45, 2.75) is 44.8 Å². The molecule has 1 aliphatic heterocycles. The van der Waals surface area contributed by atoms with Crippen LogP contribution in [0.3, 0.4) is 0 Å². The van der Waals surface area contributed by atoms with Crippen LogP contribution in [0.2, 0.25) is 0 Å². The number of halogens is 1. The zero-order chi connectivity index (χ0) is 19.1. The summed E-state index contributed by atoms with van der Waals surface area (Å²) in [6.07, 6.45) is 3.96. The largest absolute Gasteiger partial charge is 0.376 e. The van der Waals surface area contributed by atoms with Crippen molar-refractivity contribution in [2.75, 3.05) is 18.2 Å². The molecule has 1 fully saturated rings. The summed E-state index contributed by atoms with van der Waals surface area (Å²) in [6, 6.07) is 6.06. The van der Waals surface area contributed by atoms with Crippen LogP contribution < -0.4 is 11.1 Å². The highest BCUT2D eigenvalue weighted by molar-refractivity contribution is 7.14. The molecule has 2 atom stereocenters. The number of nitrogens with one attached hydrogen (secondary N) is 1. The summed E-state index contributed by atoms with van der Waals surface area (Å²) in [6.45, 7) is 4.43. The molecule has 142 valence electrons. The van der Waals surface area contributed by atoms with Gasteiger partial charge in [0.1, 0.15) is 5.69 Å². The van der Waals surface area contributed by atoms with Crippen molar-refractivity contribution in [3.63, 3.8) is 0 Å². The summed E-state index contributed by atoms with van der Waals surface area (Å²) in [5.74, 6) is 0.274. The third-order valence-corrected chi connectivity index (χ3v) is 4.88. The quantitative estimate of drug-likeness (QED) is 0.776. The number of anilines is 1. The number of thiazole rings is 1. The zero-order valence-corrected chi connectivity index (χ0v) is 16.9. The highest BCUT2D eigenvalue weighted by Crippen LogP contribution is 2.33. The Morgan fingerprint density at radius 3 is 2.62 bits per heavy atom. The second-order valence-corrected chi connectivity index (χ2v) is 7.07. The number of carbonyl (C=O) groups excluding carboxylic acids is 1. The van der Waals surface area contributed by atoms with Gasteiger partial charge in [0.2, 0.25) is 0 Å². The topological polar surface area (TPSA) is 91.8 Å². The first-order valence-corrected chi connectivity index (χ1v) is 10.2. The summed E-state index contributed by atoms with van der Waals surface area (Å²) in [7, 11) is 0. The van der Waals surface area contributed by atoms with Crippen molar-refractivity contribution in [2.24, 2.45) is 0 Å². The summed E-state index contributed by atoms with van der Waals surface area (Å²) in [4.78, 5) is 20.7. The minimum absolute atomic E-state index is 0.136. The molecule has 8 heteroatoms. The highest BCUT2D eigenvalue weighted by atomic mass is 35.5. The second-order valence-electron chi connectivity index (χ2n) is 6.21. The Labute approximate surface area is 163 Å². The molecule has 0 spiro atoms. The first-order valence-electron chi connectivity index (χ1n) is 8.60. The van der Waals surface area contributed by atoms with Gasteiger partial charge in [-0.05, 0) is 38.8 Å². The molecule has 2 unspecified atom stereocenters. The van der Waals surface area contributed by atoms with Crippen molar-refractivity contribution in [1.29, 1.82) is 0 Å². The maximum absolute atomic E-state index is 11.4. The summed E-state index contributed by atoms with van der Waals surface area (Å²) < 4.78 is 5.82. The Hall–Kier alpha value is -1.54. The van der Waals surface area contributed by atoms with Crippen LogP contribution in [0.1, 0.15) is 38.3 Å². The number of alkyl halides is 1. The van der Waals surface area contributed by atoms with Crippen LogP contribution in [0, 0.1) is 0 Å². The zero-order valence-electron chi connectivity index (χ0n) is 15.4. The van der Waals surface area contributed by atoms with Gasteiger partial charge >= 0.3 is 0 Å². The number of carbonyl (C=O) groups is 1. The van der Waals surface area contributed by atoms with E-state index in [1.807, 2.05) is 17.5 Å². The number of hydrogen-bond donors (Lipinski definition) is 2. The molecule has 26 heavy (non-hydrogen) atoms. The Kier molecular flexibility index (Phi) is 7.96. The molecule has 3 rings (SSSR count). The lowest BCUT2D eigenvalue weighted by Crippen LogP contribution is -2.55. The molecule has 1 aliphatic rings. The van der Waals surface area contributed by atoms with E-state index in [-0.39, 0.29) is 24.7 Å². The van der Waals surface area contributed by atoms with Crippen molar-refractivity contribution >= 4 is 34.0 Å². The Morgan fingerprint density at radius 1 is 1.27 bits per heavy atom. The molecule has 1 saturated heterocycles. The lowest BCUT2D eigenvalue weighted by atomic mass is 9.89. The van der Waals surface area contributed by atoms with Gasteiger partial charge in [-0.3, -0.25) is 15.1 Å². The molecular weight excluding hydrogens is 372 g/mol. The third kappa shape index (κ3) is 5.48. The van der Waals surface area contributed by atoms with Gasteiger partial charge < -0.3 is 10.5 Å². The number of quaternary nitrogens is 1. The van der Waals surface area contributed by atoms with Gasteiger partial charge in [0.05, 0.1) is 17.9 Å². The fraction of sp³-hybridized carbons (Fsp3) is 0.500. The van der Waals surface area contributed by atoms with E-state index < -0.39 is 0 Å². The summed E-state index contributed by atoms with van der Waals surface area (Å²) in [5.41, 5.74) is 6.28. The minimum Gasteiger partial charge on any atom is -0.376 e. The van der Waals surface area contributed by atoms with E-state index in [0.29, 0.717) is 11.0 Å². The molecule has 0 radical (unpaired) electrons. The average molecular weight is 398 g/mol. The molecule has 1 amide bonds. The van der Waals surface area contributed by atoms with Crippen LogP contribution in [0.4, 0.5) is 5.13 Å². The molecule has 0 saturated carbocycles. The predicted molar refractivity (Wildman–Crippen MR) is 105 cm³/mol. The van der Waals surface area contributed by atoms with Gasteiger partial charge in [-0.2, -0.15) is 0 Å². The molecule has 6 nitrogen and oxygen atoms in total. The van der Waals surface area contributed by atoms with Crippen LogP contribution in [-0.4, -0.2) is 41.0 Å². The van der Waals surface area contributed by atoms with Gasteiger partial charge in [-0.15, -0.1) is 22.9 Å². The standard InChI is InChI=1S/C17H22N4O2S.CH3Cl/c1-10-6-12(7-11(2)23-10)13-4-3-5-14(19-13)15-9-24-17(20-15)21-16(22)8-18;1-2/h3-5,9-12H,6-8,18H2,1-2H3,(H,20,21,22);1H3/p+1. The number of rotatable bonds is 4. The van der Waals surface area contributed by atoms with E-state index in [2.05, 4.69) is 47.5 Å². The van der Waals surface area contributed by atoms with E-state index in [4.69, 9.17) is 9.72 Å². The van der Waals surface area contributed by atoms with Crippen LogP contribution >= 0.6 is 22.9 Å². The van der Waals surface area contributed by atoms with Crippen molar-refractivity contribution < 1.29 is 15.3 Å². The first-order chi connectivity index (χ1) is 12.5. The second kappa shape index (κ2) is 9.97. The number of pyridine rings is 1. The highest BCUT2D eigenvalue weighted by Gasteiger charge is 2.26. The maximum atomic E-state index is 11.4. The van der Waals surface area contributed by atoms with Crippen LogP contribution in [0.5, 0.6) is 0 Å². The SMILES string of the molecule is CC1CC(c2cccc(-c3csc(NC(=O)C[NH3+])n3)n2)CC(C)O1.CCl. The van der Waals surface area contributed by atoms with Gasteiger partial charge in [-0.25, -0.2) is 4.98 Å². The third-order valence-electron chi connectivity index (χ3n) is 4.13. The van der Waals surface area contributed by atoms with Crippen molar-refractivity contribution in [1.82, 2.24) is 9.97 Å². The molecule has 2 aromatic rings. The molecule has 0 aromatic carbocycles. The smallest absolute Gasteiger partial charge is 0.281 e. The monoisotopic (exact) mass is 397 g/mol. The van der Waals surface area contributed by atoms with Gasteiger partial charge in [-0.1, -0.05) is 6.07 Å². The fourth-order valence-electron chi connectivity index (χ4n) is 3.10. The molecular formula is C18H26ClN4O2S+.